The Labute approximate surface area is 485 Å². The number of hydrogen-bond acceptors (Lipinski definition) is 10. The number of fused-ring (bicyclic) bond motifs is 2. The number of imidazole rings is 2. The van der Waals surface area contributed by atoms with Crippen LogP contribution in [0.1, 0.15) is 93.7 Å². The number of ether oxygens (including phenoxy) is 4. The Balaban J connectivity index is 0.000000192. The van der Waals surface area contributed by atoms with Crippen molar-refractivity contribution in [2.24, 2.45) is 0 Å². The second-order valence-corrected chi connectivity index (χ2v) is 22.5. The smallest absolute Gasteiger partial charge is 0.176 e. The largest absolute Gasteiger partial charge is 0.493 e. The quantitative estimate of drug-likeness (QED) is 0.0769. The molecule has 79 heavy (non-hydrogen) atoms. The highest BCUT2D eigenvalue weighted by atomic mass is 79.9. The van der Waals surface area contributed by atoms with E-state index in [1.54, 1.807) is 64.8 Å². The molecule has 0 fully saturated rings. The molecule has 2 atom stereocenters. The van der Waals surface area contributed by atoms with Gasteiger partial charge in [-0.15, -0.1) is 0 Å². The maximum atomic E-state index is 14.7. The van der Waals surface area contributed by atoms with E-state index in [0.29, 0.717) is 49.2 Å². The van der Waals surface area contributed by atoms with Gasteiger partial charge in [-0.3, -0.25) is 9.13 Å². The monoisotopic (exact) mass is 1300 g/mol. The molecule has 0 saturated heterocycles. The standard InChI is InChI=1S/C29H22Br2F3N3O2S.C29H23BrF3N3O2S/c1-38-24-12-19(25(30)26(31)28(24)39-2)18-4-3-5-23-27(18)37(17-8-6-16(32)7-9-17)29(36-23)40-14-20-21(33)10-15(13-35)11-22(20)34;1-37-26-12-20(22(30)13-27(26)38-2)19-4-3-5-25-28(19)36(18-8-6-17(31)7-9-18)29(35-25)39-15-21-23(32)10-16(14-34)11-24(21)33/h6-12,18H,3-5,14H2,1-2H3;6-13,19H,3-5,15H2,1-2H3. The fraction of sp³-hybridized carbons (Fsp3) is 0.241. The highest BCUT2D eigenvalue weighted by Gasteiger charge is 2.35. The summed E-state index contributed by atoms with van der Waals surface area (Å²) in [5.74, 6) is -1.86. The topological polar surface area (TPSA) is 120 Å². The number of benzene rings is 6. The molecule has 0 radical (unpaired) electrons. The molecule has 406 valence electrons. The number of nitrogens with zero attached hydrogens (tertiary/aromatic N) is 6. The van der Waals surface area contributed by atoms with Gasteiger partial charge < -0.3 is 18.9 Å². The molecule has 2 aliphatic carbocycles. The lowest BCUT2D eigenvalue weighted by molar-refractivity contribution is 0.352. The number of hydrogen-bond donors (Lipinski definition) is 0. The SMILES string of the molecule is COc1cc(Br)c(C2CCCc3nc(SCc4c(F)cc(C#N)cc4F)n(-c4ccc(F)cc4)c32)cc1OC.COc1cc(C2CCCc3nc(SCc4c(F)cc(C#N)cc4F)n(-c4ccc(F)cc4)c32)c(Br)c(Br)c1OC. The van der Waals surface area contributed by atoms with Crippen molar-refractivity contribution in [3.8, 4) is 46.5 Å². The average Bonchev–Trinajstić information content (AvgIpc) is 4.20. The maximum Gasteiger partial charge on any atom is 0.176 e. The molecule has 2 heterocycles. The molecular formula is C58H45Br3F6N6O4S2. The minimum atomic E-state index is -0.786. The zero-order chi connectivity index (χ0) is 56.2. The van der Waals surface area contributed by atoms with Crippen LogP contribution in [-0.2, 0) is 24.3 Å². The van der Waals surface area contributed by atoms with Crippen molar-refractivity contribution in [3.63, 3.8) is 0 Å². The lowest BCUT2D eigenvalue weighted by atomic mass is 9.84. The van der Waals surface area contributed by atoms with Crippen LogP contribution in [0.2, 0.25) is 0 Å². The second kappa shape index (κ2) is 25.0. The van der Waals surface area contributed by atoms with Gasteiger partial charge in [-0.25, -0.2) is 36.3 Å². The van der Waals surface area contributed by atoms with Crippen LogP contribution < -0.4 is 18.9 Å². The molecule has 2 aliphatic rings. The third-order valence-electron chi connectivity index (χ3n) is 13.6. The maximum absolute atomic E-state index is 14.7. The van der Waals surface area contributed by atoms with E-state index < -0.39 is 23.3 Å². The number of rotatable bonds is 14. The Bertz CT molecular complexity index is 3660. The molecule has 6 aromatic carbocycles. The van der Waals surface area contributed by atoms with E-state index in [1.807, 2.05) is 27.3 Å². The number of aryl methyl sites for hydroxylation is 2. The molecule has 0 amide bonds. The van der Waals surface area contributed by atoms with Crippen LogP contribution in [-0.4, -0.2) is 47.5 Å². The van der Waals surface area contributed by atoms with Crippen LogP contribution in [0.15, 0.2) is 115 Å². The summed E-state index contributed by atoms with van der Waals surface area (Å²) in [5, 5.41) is 19.1. The van der Waals surface area contributed by atoms with Crippen LogP contribution in [0, 0.1) is 57.6 Å². The molecule has 0 spiro atoms. The first kappa shape index (κ1) is 57.3. The molecule has 0 aliphatic heterocycles. The summed E-state index contributed by atoms with van der Waals surface area (Å²) >= 11 is 13.4. The van der Waals surface area contributed by atoms with Gasteiger partial charge in [-0.05, 0) is 173 Å². The Kier molecular flexibility index (Phi) is 18.1. The lowest BCUT2D eigenvalue weighted by Gasteiger charge is -2.27. The lowest BCUT2D eigenvalue weighted by Crippen LogP contribution is -2.16. The van der Waals surface area contributed by atoms with Gasteiger partial charge in [-0.1, -0.05) is 39.5 Å². The van der Waals surface area contributed by atoms with E-state index in [1.165, 1.54) is 47.8 Å². The van der Waals surface area contributed by atoms with Gasteiger partial charge in [-0.2, -0.15) is 10.5 Å². The minimum absolute atomic E-state index is 0.0365. The Morgan fingerprint density at radius 3 is 1.35 bits per heavy atom. The van der Waals surface area contributed by atoms with E-state index in [2.05, 4.69) is 47.8 Å². The zero-order valence-corrected chi connectivity index (χ0v) is 48.9. The van der Waals surface area contributed by atoms with E-state index in [-0.39, 0.29) is 57.2 Å². The third-order valence-corrected chi connectivity index (χ3v) is 18.4. The van der Waals surface area contributed by atoms with E-state index in [0.717, 1.165) is 106 Å². The highest BCUT2D eigenvalue weighted by molar-refractivity contribution is 9.13. The fourth-order valence-electron chi connectivity index (χ4n) is 9.91. The first-order valence-electron chi connectivity index (χ1n) is 24.4. The molecule has 0 saturated carbocycles. The van der Waals surface area contributed by atoms with Gasteiger partial charge in [0, 0.05) is 54.8 Å². The predicted molar refractivity (Wildman–Crippen MR) is 300 cm³/mol. The van der Waals surface area contributed by atoms with Crippen molar-refractivity contribution >= 4 is 71.3 Å². The van der Waals surface area contributed by atoms with Gasteiger partial charge in [0.1, 0.15) is 34.9 Å². The van der Waals surface area contributed by atoms with Gasteiger partial charge in [0.15, 0.2) is 33.3 Å². The number of nitriles is 2. The number of aromatic nitrogens is 4. The molecular weight excluding hydrogens is 1260 g/mol. The van der Waals surface area contributed by atoms with Crippen LogP contribution in [0.25, 0.3) is 11.4 Å². The predicted octanol–water partition coefficient (Wildman–Crippen LogP) is 16.2. The Hall–Kier alpha value is -6.36. The molecule has 2 unspecified atom stereocenters. The summed E-state index contributed by atoms with van der Waals surface area (Å²) in [6.07, 6.45) is 4.86. The summed E-state index contributed by atoms with van der Waals surface area (Å²) in [6, 6.07) is 25.5. The molecule has 10 rings (SSSR count). The summed E-state index contributed by atoms with van der Waals surface area (Å²) in [6.45, 7) is 0. The summed E-state index contributed by atoms with van der Waals surface area (Å²) in [7, 11) is 6.31. The Morgan fingerprint density at radius 1 is 0.544 bits per heavy atom. The average molecular weight is 1310 g/mol. The second-order valence-electron chi connectivity index (χ2n) is 18.2. The highest BCUT2D eigenvalue weighted by Crippen LogP contribution is 2.50. The van der Waals surface area contributed by atoms with Crippen molar-refractivity contribution in [2.75, 3.05) is 28.4 Å². The fourth-order valence-corrected chi connectivity index (χ4v) is 13.8. The molecule has 8 aromatic rings. The third kappa shape index (κ3) is 11.8. The van der Waals surface area contributed by atoms with Crippen molar-refractivity contribution in [3.05, 3.63) is 195 Å². The first-order chi connectivity index (χ1) is 38.1. The van der Waals surface area contributed by atoms with Crippen molar-refractivity contribution in [1.29, 1.82) is 10.5 Å². The zero-order valence-electron chi connectivity index (χ0n) is 42.5. The molecule has 2 aromatic heterocycles. The Morgan fingerprint density at radius 2 is 0.949 bits per heavy atom. The molecule has 0 bridgehead atoms. The van der Waals surface area contributed by atoms with E-state index >= 15 is 0 Å². The first-order valence-corrected chi connectivity index (χ1v) is 28.7. The number of methoxy groups -OCH3 is 4. The summed E-state index contributed by atoms with van der Waals surface area (Å²) in [4.78, 5) is 9.82. The van der Waals surface area contributed by atoms with Crippen LogP contribution in [0.3, 0.4) is 0 Å². The normalized spacial score (nSPS) is 14.5. The van der Waals surface area contributed by atoms with Crippen LogP contribution in [0.5, 0.6) is 23.0 Å². The summed E-state index contributed by atoms with van der Waals surface area (Å²) in [5.41, 5.74) is 6.47. The van der Waals surface area contributed by atoms with E-state index in [9.17, 15) is 26.3 Å². The number of halogens is 9. The van der Waals surface area contributed by atoms with Crippen molar-refractivity contribution in [1.82, 2.24) is 19.1 Å². The van der Waals surface area contributed by atoms with Crippen LogP contribution in [0.4, 0.5) is 26.3 Å². The molecule has 10 nitrogen and oxygen atoms in total. The van der Waals surface area contributed by atoms with Gasteiger partial charge in [0.2, 0.25) is 0 Å². The number of thioether (sulfide) groups is 2. The van der Waals surface area contributed by atoms with Gasteiger partial charge in [0.25, 0.3) is 0 Å². The minimum Gasteiger partial charge on any atom is -0.493 e. The van der Waals surface area contributed by atoms with E-state index in [4.69, 9.17) is 39.4 Å². The molecule has 0 N–H and O–H groups in total. The van der Waals surface area contributed by atoms with Gasteiger partial charge in [0.05, 0.1) is 79.0 Å². The molecule has 21 heteroatoms. The summed E-state index contributed by atoms with van der Waals surface area (Å²) < 4.78 is 115. The van der Waals surface area contributed by atoms with Crippen LogP contribution >= 0.6 is 71.3 Å². The van der Waals surface area contributed by atoms with Crippen molar-refractivity contribution < 1.29 is 45.3 Å². The van der Waals surface area contributed by atoms with Gasteiger partial charge >= 0.3 is 0 Å². The van der Waals surface area contributed by atoms with Crippen molar-refractivity contribution in [2.45, 2.75) is 72.2 Å².